The van der Waals surface area contributed by atoms with Gasteiger partial charge in [-0.3, -0.25) is 4.79 Å². The summed E-state index contributed by atoms with van der Waals surface area (Å²) in [6.07, 6.45) is 0. The molecule has 3 nitrogen and oxygen atoms in total. The van der Waals surface area contributed by atoms with Crippen molar-refractivity contribution in [1.29, 1.82) is 0 Å². The van der Waals surface area contributed by atoms with Crippen molar-refractivity contribution in [2.75, 3.05) is 5.32 Å². The number of rotatable bonds is 4. The zero-order chi connectivity index (χ0) is 13.0. The smallest absolute Gasteiger partial charge is 0.248 e. The highest BCUT2D eigenvalue weighted by atomic mass is 35.5. The highest BCUT2D eigenvalue weighted by molar-refractivity contribution is 6.30. The number of carbonyl (C=O) groups excluding carboxylic acids is 1. The van der Waals surface area contributed by atoms with E-state index in [2.05, 4.69) is 5.32 Å². The molecule has 4 heteroatoms. The highest BCUT2D eigenvalue weighted by Gasteiger charge is 1.99. The molecule has 0 aliphatic rings. The number of hydrogen-bond donors (Lipinski definition) is 2. The van der Waals surface area contributed by atoms with E-state index >= 15 is 0 Å². The molecule has 0 radical (unpaired) electrons. The maximum atomic E-state index is 10.9. The Kier molecular flexibility index (Phi) is 3.85. The number of benzene rings is 2. The van der Waals surface area contributed by atoms with Crippen molar-refractivity contribution in [2.45, 2.75) is 6.54 Å². The molecule has 18 heavy (non-hydrogen) atoms. The number of nitrogens with two attached hydrogens (primary N) is 1. The normalized spacial score (nSPS) is 10.1. The first-order valence-electron chi connectivity index (χ1n) is 5.53. The van der Waals surface area contributed by atoms with Crippen LogP contribution in [0.4, 0.5) is 5.69 Å². The molecule has 0 aliphatic carbocycles. The summed E-state index contributed by atoms with van der Waals surface area (Å²) in [5, 5.41) is 3.98. The van der Waals surface area contributed by atoms with E-state index in [-0.39, 0.29) is 0 Å². The van der Waals surface area contributed by atoms with Crippen LogP contribution in [0.3, 0.4) is 0 Å². The number of nitrogens with one attached hydrogen (secondary N) is 1. The molecule has 0 unspecified atom stereocenters. The Morgan fingerprint density at radius 3 is 2.22 bits per heavy atom. The van der Waals surface area contributed by atoms with E-state index in [0.29, 0.717) is 17.1 Å². The predicted octanol–water partition coefficient (Wildman–Crippen LogP) is 3.05. The van der Waals surface area contributed by atoms with Crippen LogP contribution in [0.2, 0.25) is 5.02 Å². The van der Waals surface area contributed by atoms with Gasteiger partial charge in [0.1, 0.15) is 0 Å². The van der Waals surface area contributed by atoms with Crippen molar-refractivity contribution in [3.05, 3.63) is 64.7 Å². The molecule has 0 bridgehead atoms. The molecule has 0 saturated heterocycles. The first kappa shape index (κ1) is 12.5. The summed E-state index contributed by atoms with van der Waals surface area (Å²) >= 11 is 5.80. The zero-order valence-corrected chi connectivity index (χ0v) is 10.4. The van der Waals surface area contributed by atoms with Crippen LogP contribution in [-0.2, 0) is 6.54 Å². The van der Waals surface area contributed by atoms with Crippen molar-refractivity contribution in [2.24, 2.45) is 5.73 Å². The number of halogens is 1. The minimum absolute atomic E-state index is 0.410. The fourth-order valence-electron chi connectivity index (χ4n) is 1.56. The van der Waals surface area contributed by atoms with Crippen molar-refractivity contribution in [3.8, 4) is 0 Å². The van der Waals surface area contributed by atoms with Crippen LogP contribution in [0.1, 0.15) is 15.9 Å². The van der Waals surface area contributed by atoms with Crippen molar-refractivity contribution in [3.63, 3.8) is 0 Å². The van der Waals surface area contributed by atoms with Crippen molar-refractivity contribution < 1.29 is 4.79 Å². The molecular weight excluding hydrogens is 248 g/mol. The van der Waals surface area contributed by atoms with Gasteiger partial charge in [-0.1, -0.05) is 23.7 Å². The molecule has 1 amide bonds. The molecular formula is C14H13ClN2O. The third-order valence-electron chi connectivity index (χ3n) is 2.58. The second-order valence-electron chi connectivity index (χ2n) is 3.92. The summed E-state index contributed by atoms with van der Waals surface area (Å²) in [4.78, 5) is 10.9. The first-order valence-corrected chi connectivity index (χ1v) is 5.91. The Morgan fingerprint density at radius 2 is 1.67 bits per heavy atom. The number of carbonyl (C=O) groups is 1. The standard InChI is InChI=1S/C14H13ClN2O/c15-12-5-7-13(8-6-12)17-9-10-1-3-11(4-2-10)14(16)18/h1-8,17H,9H2,(H2,16,18). The summed E-state index contributed by atoms with van der Waals surface area (Å²) in [6.45, 7) is 0.681. The third kappa shape index (κ3) is 3.25. The van der Waals surface area contributed by atoms with Gasteiger partial charge in [0.15, 0.2) is 0 Å². The van der Waals surface area contributed by atoms with Crippen LogP contribution in [0.5, 0.6) is 0 Å². The molecule has 0 atom stereocenters. The van der Waals surface area contributed by atoms with Crippen molar-refractivity contribution in [1.82, 2.24) is 0 Å². The lowest BCUT2D eigenvalue weighted by molar-refractivity contribution is 0.100. The molecule has 92 valence electrons. The Hall–Kier alpha value is -2.00. The molecule has 3 N–H and O–H groups in total. The van der Waals surface area contributed by atoms with Crippen LogP contribution in [0.25, 0.3) is 0 Å². The Morgan fingerprint density at radius 1 is 1.06 bits per heavy atom. The lowest BCUT2D eigenvalue weighted by Gasteiger charge is -2.07. The van der Waals surface area contributed by atoms with Crippen LogP contribution in [-0.4, -0.2) is 5.91 Å². The second kappa shape index (κ2) is 5.56. The Labute approximate surface area is 111 Å². The monoisotopic (exact) mass is 260 g/mol. The maximum Gasteiger partial charge on any atom is 0.248 e. The summed E-state index contributed by atoms with van der Waals surface area (Å²) in [6, 6.07) is 14.7. The van der Waals surface area contributed by atoms with Gasteiger partial charge in [-0.2, -0.15) is 0 Å². The number of primary amides is 1. The molecule has 0 saturated carbocycles. The van der Waals surface area contributed by atoms with Gasteiger partial charge in [0.05, 0.1) is 0 Å². The topological polar surface area (TPSA) is 55.1 Å². The number of hydrogen-bond acceptors (Lipinski definition) is 2. The first-order chi connectivity index (χ1) is 8.65. The minimum Gasteiger partial charge on any atom is -0.381 e. The number of anilines is 1. The van der Waals surface area contributed by atoms with E-state index in [9.17, 15) is 4.79 Å². The van der Waals surface area contributed by atoms with Crippen molar-refractivity contribution >= 4 is 23.2 Å². The van der Waals surface area contributed by atoms with E-state index in [1.807, 2.05) is 36.4 Å². The molecule has 2 aromatic rings. The molecule has 2 aromatic carbocycles. The molecule has 0 aliphatic heterocycles. The molecule has 0 aromatic heterocycles. The van der Waals surface area contributed by atoms with Crippen LogP contribution < -0.4 is 11.1 Å². The minimum atomic E-state index is -0.410. The maximum absolute atomic E-state index is 10.9. The van der Waals surface area contributed by atoms with Crippen LogP contribution in [0.15, 0.2) is 48.5 Å². The van der Waals surface area contributed by atoms with Gasteiger partial charge in [0.25, 0.3) is 0 Å². The lowest BCUT2D eigenvalue weighted by atomic mass is 10.1. The summed E-state index contributed by atoms with van der Waals surface area (Å²) < 4.78 is 0. The van der Waals surface area contributed by atoms with E-state index in [4.69, 9.17) is 17.3 Å². The van der Waals surface area contributed by atoms with Gasteiger partial charge in [-0.25, -0.2) is 0 Å². The van der Waals surface area contributed by atoms with Gasteiger partial charge >= 0.3 is 0 Å². The van der Waals surface area contributed by atoms with Gasteiger partial charge in [-0.05, 0) is 42.0 Å². The van der Waals surface area contributed by atoms with Crippen LogP contribution in [0, 0.1) is 0 Å². The average Bonchev–Trinajstić information content (AvgIpc) is 2.38. The average molecular weight is 261 g/mol. The molecule has 0 fully saturated rings. The quantitative estimate of drug-likeness (QED) is 0.888. The lowest BCUT2D eigenvalue weighted by Crippen LogP contribution is -2.10. The van der Waals surface area contributed by atoms with Gasteiger partial charge in [0.2, 0.25) is 5.91 Å². The summed E-state index contributed by atoms with van der Waals surface area (Å²) in [7, 11) is 0. The molecule has 2 rings (SSSR count). The summed E-state index contributed by atoms with van der Waals surface area (Å²) in [5.74, 6) is -0.410. The predicted molar refractivity (Wildman–Crippen MR) is 73.7 cm³/mol. The number of amides is 1. The zero-order valence-electron chi connectivity index (χ0n) is 9.69. The van der Waals surface area contributed by atoms with E-state index in [1.54, 1.807) is 12.1 Å². The third-order valence-corrected chi connectivity index (χ3v) is 2.83. The molecule has 0 spiro atoms. The SMILES string of the molecule is NC(=O)c1ccc(CNc2ccc(Cl)cc2)cc1. The fourth-order valence-corrected chi connectivity index (χ4v) is 1.68. The van der Waals surface area contributed by atoms with Gasteiger partial charge in [0, 0.05) is 22.8 Å². The van der Waals surface area contributed by atoms with Gasteiger partial charge in [-0.15, -0.1) is 0 Å². The molecule has 0 heterocycles. The van der Waals surface area contributed by atoms with E-state index in [0.717, 1.165) is 11.3 Å². The fraction of sp³-hybridized carbons (Fsp3) is 0.0714. The van der Waals surface area contributed by atoms with Gasteiger partial charge < -0.3 is 11.1 Å². The second-order valence-corrected chi connectivity index (χ2v) is 4.36. The highest BCUT2D eigenvalue weighted by Crippen LogP contribution is 2.14. The Bertz CT molecular complexity index is 535. The van der Waals surface area contributed by atoms with Crippen LogP contribution >= 0.6 is 11.6 Å². The van der Waals surface area contributed by atoms with E-state index in [1.165, 1.54) is 0 Å². The largest absolute Gasteiger partial charge is 0.381 e. The Balaban J connectivity index is 1.97. The van der Waals surface area contributed by atoms with E-state index < -0.39 is 5.91 Å². The summed E-state index contributed by atoms with van der Waals surface area (Å²) in [5.41, 5.74) is 7.77.